The summed E-state index contributed by atoms with van der Waals surface area (Å²) in [4.78, 5) is 29.0. The summed E-state index contributed by atoms with van der Waals surface area (Å²) in [5.74, 6) is 1.61. The van der Waals surface area contributed by atoms with E-state index in [0.717, 1.165) is 44.5 Å². The summed E-state index contributed by atoms with van der Waals surface area (Å²) in [6.45, 7) is 8.91. The third-order valence-electron chi connectivity index (χ3n) is 6.05. The Morgan fingerprint density at radius 1 is 1.07 bits per heavy atom. The van der Waals surface area contributed by atoms with Gasteiger partial charge in [0.2, 0.25) is 5.91 Å². The van der Waals surface area contributed by atoms with Crippen LogP contribution < -0.4 is 4.74 Å². The average Bonchev–Trinajstić information content (AvgIpc) is 2.79. The summed E-state index contributed by atoms with van der Waals surface area (Å²) >= 11 is 0. The number of ether oxygens (including phenoxy) is 2. The minimum Gasteiger partial charge on any atom is -0.493 e. The first kappa shape index (κ1) is 21.6. The topological polar surface area (TPSA) is 59.1 Å². The van der Waals surface area contributed by atoms with E-state index in [-0.39, 0.29) is 11.8 Å². The van der Waals surface area contributed by atoms with E-state index in [4.69, 9.17) is 9.47 Å². The molecule has 6 heteroatoms. The van der Waals surface area contributed by atoms with E-state index in [2.05, 4.69) is 13.8 Å². The summed E-state index contributed by atoms with van der Waals surface area (Å²) in [6.07, 6.45) is 3.93. The molecule has 0 spiro atoms. The number of benzene rings is 1. The third-order valence-corrected chi connectivity index (χ3v) is 6.05. The molecule has 1 unspecified atom stereocenters. The smallest absolute Gasteiger partial charge is 0.254 e. The number of carbonyl (C=O) groups is 2. The molecule has 0 saturated carbocycles. The van der Waals surface area contributed by atoms with Gasteiger partial charge < -0.3 is 19.3 Å². The van der Waals surface area contributed by atoms with Gasteiger partial charge in [-0.1, -0.05) is 13.8 Å². The summed E-state index contributed by atoms with van der Waals surface area (Å²) < 4.78 is 11.3. The van der Waals surface area contributed by atoms with E-state index >= 15 is 0 Å². The first-order valence-corrected chi connectivity index (χ1v) is 11.0. The molecular weight excluding hydrogens is 368 g/mol. The standard InChI is InChI=1S/C23H34N2O4/c1-3-19(4-2)22(26)25-11-5-6-18(16-25)17-29-21-9-7-20(8-10-21)23(27)24-12-14-28-15-13-24/h7-10,18-19H,3-6,11-17H2,1-2H3. The van der Waals surface area contributed by atoms with E-state index in [0.29, 0.717) is 50.3 Å². The van der Waals surface area contributed by atoms with Crippen molar-refractivity contribution in [1.82, 2.24) is 9.80 Å². The molecular formula is C23H34N2O4. The van der Waals surface area contributed by atoms with Crippen LogP contribution in [0.4, 0.5) is 0 Å². The molecule has 2 amide bonds. The molecule has 2 saturated heterocycles. The fraction of sp³-hybridized carbons (Fsp3) is 0.652. The zero-order chi connectivity index (χ0) is 20.6. The molecule has 0 N–H and O–H groups in total. The van der Waals surface area contributed by atoms with Gasteiger partial charge in [0, 0.05) is 43.6 Å². The van der Waals surface area contributed by atoms with E-state index in [9.17, 15) is 9.59 Å². The zero-order valence-corrected chi connectivity index (χ0v) is 17.8. The molecule has 1 atom stereocenters. The maximum atomic E-state index is 12.7. The van der Waals surface area contributed by atoms with Gasteiger partial charge in [-0.2, -0.15) is 0 Å². The second-order valence-corrected chi connectivity index (χ2v) is 8.05. The van der Waals surface area contributed by atoms with Crippen LogP contribution in [-0.2, 0) is 9.53 Å². The number of carbonyl (C=O) groups excluding carboxylic acids is 2. The van der Waals surface area contributed by atoms with Gasteiger partial charge in [-0.15, -0.1) is 0 Å². The second-order valence-electron chi connectivity index (χ2n) is 8.05. The molecule has 0 aliphatic carbocycles. The Bertz CT molecular complexity index is 666. The number of likely N-dealkylation sites (tertiary alicyclic amines) is 1. The van der Waals surface area contributed by atoms with Crippen molar-refractivity contribution in [2.75, 3.05) is 46.0 Å². The van der Waals surface area contributed by atoms with Gasteiger partial charge in [-0.3, -0.25) is 9.59 Å². The van der Waals surface area contributed by atoms with Crippen LogP contribution in [0.5, 0.6) is 5.75 Å². The Labute approximate surface area is 174 Å². The van der Waals surface area contributed by atoms with Crippen LogP contribution >= 0.6 is 0 Å². The second kappa shape index (κ2) is 10.6. The normalized spacial score (nSPS) is 20.0. The van der Waals surface area contributed by atoms with Crippen molar-refractivity contribution in [3.63, 3.8) is 0 Å². The van der Waals surface area contributed by atoms with Crippen molar-refractivity contribution >= 4 is 11.8 Å². The number of nitrogens with zero attached hydrogens (tertiary/aromatic N) is 2. The molecule has 0 aromatic heterocycles. The zero-order valence-electron chi connectivity index (χ0n) is 17.8. The molecule has 2 aliphatic heterocycles. The lowest BCUT2D eigenvalue weighted by molar-refractivity contribution is -0.137. The van der Waals surface area contributed by atoms with Crippen LogP contribution in [-0.4, -0.2) is 67.6 Å². The number of piperidine rings is 1. The summed E-state index contributed by atoms with van der Waals surface area (Å²) in [5.41, 5.74) is 0.680. The molecule has 160 valence electrons. The molecule has 2 heterocycles. The molecule has 3 rings (SSSR count). The van der Waals surface area contributed by atoms with Gasteiger partial charge in [-0.25, -0.2) is 0 Å². The van der Waals surface area contributed by atoms with Gasteiger partial charge in [0.1, 0.15) is 5.75 Å². The van der Waals surface area contributed by atoms with E-state index < -0.39 is 0 Å². The molecule has 6 nitrogen and oxygen atoms in total. The average molecular weight is 403 g/mol. The monoisotopic (exact) mass is 402 g/mol. The highest BCUT2D eigenvalue weighted by atomic mass is 16.5. The number of hydrogen-bond acceptors (Lipinski definition) is 4. The number of hydrogen-bond donors (Lipinski definition) is 0. The van der Waals surface area contributed by atoms with Crippen molar-refractivity contribution in [1.29, 1.82) is 0 Å². The van der Waals surface area contributed by atoms with Crippen LogP contribution in [0.2, 0.25) is 0 Å². The molecule has 0 radical (unpaired) electrons. The Kier molecular flexibility index (Phi) is 7.92. The van der Waals surface area contributed by atoms with Crippen LogP contribution in [0.25, 0.3) is 0 Å². The number of rotatable bonds is 7. The van der Waals surface area contributed by atoms with Gasteiger partial charge in [0.05, 0.1) is 19.8 Å². The van der Waals surface area contributed by atoms with Crippen molar-refractivity contribution < 1.29 is 19.1 Å². The molecule has 29 heavy (non-hydrogen) atoms. The lowest BCUT2D eigenvalue weighted by atomic mass is 9.95. The fourth-order valence-electron chi connectivity index (χ4n) is 4.15. The van der Waals surface area contributed by atoms with Crippen LogP contribution in [0.1, 0.15) is 49.9 Å². The predicted octanol–water partition coefficient (Wildman–Crippen LogP) is 3.21. The summed E-state index contributed by atoms with van der Waals surface area (Å²) in [5, 5.41) is 0. The largest absolute Gasteiger partial charge is 0.493 e. The lowest BCUT2D eigenvalue weighted by Gasteiger charge is -2.34. The quantitative estimate of drug-likeness (QED) is 0.703. The summed E-state index contributed by atoms with van der Waals surface area (Å²) in [7, 11) is 0. The highest BCUT2D eigenvalue weighted by Gasteiger charge is 2.27. The van der Waals surface area contributed by atoms with E-state index in [1.54, 1.807) is 0 Å². The van der Waals surface area contributed by atoms with Crippen molar-refractivity contribution in [2.24, 2.45) is 11.8 Å². The third kappa shape index (κ3) is 5.72. The minimum absolute atomic E-state index is 0.0442. The molecule has 0 bridgehead atoms. The minimum atomic E-state index is 0.0442. The Morgan fingerprint density at radius 2 is 1.76 bits per heavy atom. The fourth-order valence-corrected chi connectivity index (χ4v) is 4.15. The van der Waals surface area contributed by atoms with Gasteiger partial charge >= 0.3 is 0 Å². The summed E-state index contributed by atoms with van der Waals surface area (Å²) in [6, 6.07) is 7.39. The van der Waals surface area contributed by atoms with Crippen molar-refractivity contribution in [2.45, 2.75) is 39.5 Å². The SMILES string of the molecule is CCC(CC)C(=O)N1CCCC(COc2ccc(C(=O)N3CCOCC3)cc2)C1. The number of morpholine rings is 1. The Morgan fingerprint density at radius 3 is 2.41 bits per heavy atom. The van der Waals surface area contributed by atoms with Gasteiger partial charge in [-0.05, 0) is 49.9 Å². The maximum Gasteiger partial charge on any atom is 0.254 e. The predicted molar refractivity (Wildman–Crippen MR) is 112 cm³/mol. The highest BCUT2D eigenvalue weighted by molar-refractivity contribution is 5.94. The Balaban J connectivity index is 1.49. The van der Waals surface area contributed by atoms with E-state index in [1.165, 1.54) is 0 Å². The number of amides is 2. The maximum absolute atomic E-state index is 12.7. The van der Waals surface area contributed by atoms with Crippen LogP contribution in [0.15, 0.2) is 24.3 Å². The van der Waals surface area contributed by atoms with Crippen LogP contribution in [0.3, 0.4) is 0 Å². The van der Waals surface area contributed by atoms with E-state index in [1.807, 2.05) is 34.1 Å². The first-order valence-electron chi connectivity index (χ1n) is 11.0. The molecule has 1 aromatic carbocycles. The molecule has 1 aromatic rings. The van der Waals surface area contributed by atoms with Crippen molar-refractivity contribution in [3.05, 3.63) is 29.8 Å². The first-order chi connectivity index (χ1) is 14.1. The van der Waals surface area contributed by atoms with Crippen LogP contribution in [0, 0.1) is 11.8 Å². The molecule has 2 aliphatic rings. The lowest BCUT2D eigenvalue weighted by Crippen LogP contribution is -2.44. The Hall–Kier alpha value is -2.08. The van der Waals surface area contributed by atoms with Gasteiger partial charge in [0.25, 0.3) is 5.91 Å². The van der Waals surface area contributed by atoms with Gasteiger partial charge in [0.15, 0.2) is 0 Å². The highest BCUT2D eigenvalue weighted by Crippen LogP contribution is 2.22. The van der Waals surface area contributed by atoms with Crippen molar-refractivity contribution in [3.8, 4) is 5.75 Å². The molecule has 2 fully saturated rings.